The van der Waals surface area contributed by atoms with Crippen LogP contribution < -0.4 is 9.62 Å². The van der Waals surface area contributed by atoms with E-state index in [0.29, 0.717) is 0 Å². The summed E-state index contributed by atoms with van der Waals surface area (Å²) in [6.45, 7) is 3.49. The largest absolute Gasteiger partial charge is 0.504 e. The number of nitrogens with zero attached hydrogens (tertiary/aromatic N) is 2. The molecular formula is C25H23N3O6S. The number of hydrogen-bond acceptors (Lipinski definition) is 8. The molecule has 2 aliphatic rings. The van der Waals surface area contributed by atoms with Crippen molar-refractivity contribution in [3.63, 3.8) is 0 Å². The van der Waals surface area contributed by atoms with Crippen LogP contribution >= 0.6 is 0 Å². The summed E-state index contributed by atoms with van der Waals surface area (Å²) in [5.41, 5.74) is 0.202. The minimum Gasteiger partial charge on any atom is -0.504 e. The summed E-state index contributed by atoms with van der Waals surface area (Å²) in [6.07, 6.45) is 0. The molecular weight excluding hydrogens is 470 g/mol. The zero-order chi connectivity index (χ0) is 24.9. The molecule has 0 unspecified atom stereocenters. The molecule has 10 heteroatoms. The molecule has 0 saturated carbocycles. The summed E-state index contributed by atoms with van der Waals surface area (Å²) in [4.78, 5) is 30.2. The summed E-state index contributed by atoms with van der Waals surface area (Å²) >= 11 is 0. The van der Waals surface area contributed by atoms with Crippen molar-refractivity contribution in [2.24, 2.45) is 0 Å². The summed E-state index contributed by atoms with van der Waals surface area (Å²) in [6, 6.07) is 13.5. The van der Waals surface area contributed by atoms with Crippen LogP contribution in [0.15, 0.2) is 59.5 Å². The van der Waals surface area contributed by atoms with Crippen LogP contribution in [0.4, 0.5) is 11.4 Å². The van der Waals surface area contributed by atoms with Gasteiger partial charge in [0, 0.05) is 48.6 Å². The lowest BCUT2D eigenvalue weighted by Gasteiger charge is -2.34. The van der Waals surface area contributed by atoms with Crippen LogP contribution in [0, 0.1) is 0 Å². The molecule has 0 atom stereocenters. The highest BCUT2D eigenvalue weighted by Gasteiger charge is 2.35. The average Bonchev–Trinajstić information content (AvgIpc) is 2.86. The van der Waals surface area contributed by atoms with Crippen molar-refractivity contribution < 1.29 is 28.2 Å². The van der Waals surface area contributed by atoms with E-state index in [2.05, 4.69) is 21.6 Å². The first-order chi connectivity index (χ1) is 16.7. The maximum absolute atomic E-state index is 13.0. The number of rotatable bonds is 4. The van der Waals surface area contributed by atoms with E-state index in [1.807, 2.05) is 0 Å². The van der Waals surface area contributed by atoms with Crippen LogP contribution in [-0.2, 0) is 10.0 Å². The maximum atomic E-state index is 13.0. The summed E-state index contributed by atoms with van der Waals surface area (Å²) in [5, 5.41) is 21.0. The maximum Gasteiger partial charge on any atom is 0.262 e. The smallest absolute Gasteiger partial charge is 0.262 e. The second-order valence-electron chi connectivity index (χ2n) is 8.64. The van der Waals surface area contributed by atoms with E-state index >= 15 is 0 Å². The number of benzene rings is 3. The van der Waals surface area contributed by atoms with Gasteiger partial charge in [-0.05, 0) is 37.4 Å². The third-order valence-corrected chi connectivity index (χ3v) is 7.80. The van der Waals surface area contributed by atoms with Crippen LogP contribution in [0.3, 0.4) is 0 Å². The van der Waals surface area contributed by atoms with Crippen LogP contribution in [0.25, 0.3) is 0 Å². The topological polar surface area (TPSA) is 127 Å². The molecule has 1 aliphatic carbocycles. The minimum atomic E-state index is -4.17. The van der Waals surface area contributed by atoms with Gasteiger partial charge in [0.2, 0.25) is 0 Å². The van der Waals surface area contributed by atoms with Gasteiger partial charge in [0.1, 0.15) is 0 Å². The molecule has 9 nitrogen and oxygen atoms in total. The third-order valence-electron chi connectivity index (χ3n) is 6.42. The summed E-state index contributed by atoms with van der Waals surface area (Å²) in [5.74, 6) is -2.86. The van der Waals surface area contributed by atoms with Gasteiger partial charge in [-0.3, -0.25) is 14.3 Å². The van der Waals surface area contributed by atoms with Crippen LogP contribution in [0.5, 0.6) is 11.5 Å². The lowest BCUT2D eigenvalue weighted by molar-refractivity contribution is 0.0976. The van der Waals surface area contributed by atoms with Gasteiger partial charge in [0.15, 0.2) is 23.1 Å². The molecule has 1 aliphatic heterocycles. The first-order valence-electron chi connectivity index (χ1n) is 11.0. The molecule has 0 radical (unpaired) electrons. The highest BCUT2D eigenvalue weighted by molar-refractivity contribution is 7.92. The Kier molecular flexibility index (Phi) is 5.49. The summed E-state index contributed by atoms with van der Waals surface area (Å²) in [7, 11) is -2.12. The van der Waals surface area contributed by atoms with E-state index in [-0.39, 0.29) is 27.1 Å². The zero-order valence-electron chi connectivity index (χ0n) is 18.9. The first kappa shape index (κ1) is 22.9. The Bertz CT molecular complexity index is 1460. The number of phenols is 2. The van der Waals surface area contributed by atoms with E-state index in [0.717, 1.165) is 37.9 Å². The van der Waals surface area contributed by atoms with Gasteiger partial charge in [-0.1, -0.05) is 24.3 Å². The lowest BCUT2D eigenvalue weighted by Crippen LogP contribution is -2.44. The number of piperazine rings is 1. The predicted molar refractivity (Wildman–Crippen MR) is 130 cm³/mol. The second kappa shape index (κ2) is 8.40. The molecule has 0 amide bonds. The third kappa shape index (κ3) is 3.90. The van der Waals surface area contributed by atoms with Crippen molar-refractivity contribution in [3.8, 4) is 11.5 Å². The number of aromatic hydroxyl groups is 2. The van der Waals surface area contributed by atoms with Crippen molar-refractivity contribution in [3.05, 3.63) is 76.9 Å². The van der Waals surface area contributed by atoms with Crippen LogP contribution in [0.2, 0.25) is 0 Å². The number of fused-ring (bicyclic) bond motifs is 2. The van der Waals surface area contributed by atoms with Gasteiger partial charge in [0.05, 0.1) is 16.1 Å². The van der Waals surface area contributed by atoms with Crippen molar-refractivity contribution in [1.82, 2.24) is 4.90 Å². The number of anilines is 2. The molecule has 1 heterocycles. The van der Waals surface area contributed by atoms with E-state index in [1.54, 1.807) is 24.3 Å². The molecule has 35 heavy (non-hydrogen) atoms. The highest BCUT2D eigenvalue weighted by Crippen LogP contribution is 2.43. The van der Waals surface area contributed by atoms with Gasteiger partial charge in [-0.2, -0.15) is 0 Å². The Morgan fingerprint density at radius 1 is 0.800 bits per heavy atom. The number of ketones is 2. The highest BCUT2D eigenvalue weighted by atomic mass is 32.2. The fourth-order valence-corrected chi connectivity index (χ4v) is 5.47. The van der Waals surface area contributed by atoms with Crippen molar-refractivity contribution >= 4 is 33.0 Å². The molecule has 1 saturated heterocycles. The minimum absolute atomic E-state index is 0.0558. The quantitative estimate of drug-likeness (QED) is 0.370. The van der Waals surface area contributed by atoms with Crippen molar-refractivity contribution in [2.45, 2.75) is 4.90 Å². The number of phenolic OH excluding ortho intramolecular Hbond substituents is 2. The Labute approximate surface area is 202 Å². The number of sulfonamides is 1. The normalized spacial score (nSPS) is 16.1. The predicted octanol–water partition coefficient (Wildman–Crippen LogP) is 2.43. The molecule has 3 aromatic rings. The van der Waals surface area contributed by atoms with Crippen LogP contribution in [-0.4, -0.2) is 68.3 Å². The van der Waals surface area contributed by atoms with Gasteiger partial charge < -0.3 is 20.0 Å². The first-order valence-corrected chi connectivity index (χ1v) is 12.5. The molecule has 3 aromatic carbocycles. The van der Waals surface area contributed by atoms with E-state index < -0.39 is 38.8 Å². The lowest BCUT2D eigenvalue weighted by atomic mass is 9.83. The second-order valence-corrected chi connectivity index (χ2v) is 10.3. The molecule has 0 spiro atoms. The molecule has 0 aromatic heterocycles. The van der Waals surface area contributed by atoms with Gasteiger partial charge in [-0.15, -0.1) is 0 Å². The van der Waals surface area contributed by atoms with Gasteiger partial charge in [-0.25, -0.2) is 8.42 Å². The fraction of sp³-hybridized carbons (Fsp3) is 0.200. The van der Waals surface area contributed by atoms with Gasteiger partial charge >= 0.3 is 0 Å². The SMILES string of the molecule is CN1CCN(c2ccc(S(=O)(=O)Nc3cc4c(c(O)c3O)C(=O)c3ccccc3C4=O)cc2)CC1. The molecule has 1 fully saturated rings. The van der Waals surface area contributed by atoms with Crippen molar-refractivity contribution in [2.75, 3.05) is 42.8 Å². The molecule has 3 N–H and O–H groups in total. The Morgan fingerprint density at radius 3 is 2.03 bits per heavy atom. The fourth-order valence-electron chi connectivity index (χ4n) is 4.41. The number of carbonyl (C=O) groups excluding carboxylic acids is 2. The molecule has 180 valence electrons. The van der Waals surface area contributed by atoms with E-state index in [4.69, 9.17) is 0 Å². The average molecular weight is 494 g/mol. The standard InChI is InChI=1S/C25H23N3O6S/c1-27-10-12-28(13-11-27)15-6-8-16(9-7-15)35(33,34)26-20-14-19-21(25(32)24(20)31)23(30)18-5-3-2-4-17(18)22(19)29/h2-9,14,26,31-32H,10-13H2,1H3. The molecule has 0 bridgehead atoms. The number of likely N-dealkylation sites (N-methyl/N-ethyl adjacent to an activating group) is 1. The van der Waals surface area contributed by atoms with Crippen molar-refractivity contribution in [1.29, 1.82) is 0 Å². The van der Waals surface area contributed by atoms with Gasteiger partial charge in [0.25, 0.3) is 10.0 Å². The Morgan fingerprint density at radius 2 is 1.40 bits per heavy atom. The summed E-state index contributed by atoms with van der Waals surface area (Å²) < 4.78 is 28.3. The monoisotopic (exact) mass is 493 g/mol. The zero-order valence-corrected chi connectivity index (χ0v) is 19.7. The van der Waals surface area contributed by atoms with E-state index in [9.17, 15) is 28.2 Å². The number of nitrogens with one attached hydrogen (secondary N) is 1. The van der Waals surface area contributed by atoms with Crippen LogP contribution in [0.1, 0.15) is 31.8 Å². The van der Waals surface area contributed by atoms with E-state index in [1.165, 1.54) is 24.3 Å². The Hall–Kier alpha value is -3.89. The number of carbonyl (C=O) groups is 2. The molecule has 5 rings (SSSR count). The Balaban J connectivity index is 1.46. The number of hydrogen-bond donors (Lipinski definition) is 3.